The molecule has 23 heavy (non-hydrogen) atoms. The third-order valence-electron chi connectivity index (χ3n) is 4.35. The molecule has 0 saturated carbocycles. The summed E-state index contributed by atoms with van der Waals surface area (Å²) >= 11 is 6.38. The Labute approximate surface area is 140 Å². The van der Waals surface area contributed by atoms with Crippen molar-refractivity contribution in [3.05, 3.63) is 29.1 Å². The zero-order valence-electron chi connectivity index (χ0n) is 13.4. The Hall–Kier alpha value is -1.89. The number of aromatic nitrogens is 5. The highest BCUT2D eigenvalue weighted by Crippen LogP contribution is 2.37. The molecule has 1 aliphatic heterocycles. The summed E-state index contributed by atoms with van der Waals surface area (Å²) in [6.45, 7) is 3.45. The van der Waals surface area contributed by atoms with Crippen molar-refractivity contribution in [1.82, 2.24) is 29.4 Å². The SMILES string of the molecule is Cc1nn(C)c(Cl)c1C1CCCN1C(=O)CCCn1cncn1. The molecule has 8 heteroatoms. The predicted molar refractivity (Wildman–Crippen MR) is 85.9 cm³/mol. The van der Waals surface area contributed by atoms with Crippen molar-refractivity contribution in [3.8, 4) is 0 Å². The first-order chi connectivity index (χ1) is 11.1. The van der Waals surface area contributed by atoms with Gasteiger partial charge < -0.3 is 4.90 Å². The van der Waals surface area contributed by atoms with Crippen molar-refractivity contribution >= 4 is 17.5 Å². The van der Waals surface area contributed by atoms with Gasteiger partial charge in [-0.25, -0.2) is 4.98 Å². The van der Waals surface area contributed by atoms with Crippen molar-refractivity contribution in [2.24, 2.45) is 7.05 Å². The molecule has 0 bridgehead atoms. The minimum atomic E-state index is 0.0510. The van der Waals surface area contributed by atoms with Gasteiger partial charge in [0.2, 0.25) is 5.91 Å². The molecule has 0 aromatic carbocycles. The molecular formula is C15H21ClN6O. The molecule has 1 unspecified atom stereocenters. The van der Waals surface area contributed by atoms with Crippen LogP contribution in [0, 0.1) is 6.92 Å². The lowest BCUT2D eigenvalue weighted by molar-refractivity contribution is -0.132. The van der Waals surface area contributed by atoms with Gasteiger partial charge >= 0.3 is 0 Å². The lowest BCUT2D eigenvalue weighted by Crippen LogP contribution is -2.30. The number of amides is 1. The fourth-order valence-electron chi connectivity index (χ4n) is 3.27. The average Bonchev–Trinajstić information content (AvgIpc) is 3.22. The molecule has 0 N–H and O–H groups in total. The predicted octanol–water partition coefficient (Wildman–Crippen LogP) is 2.12. The van der Waals surface area contributed by atoms with Gasteiger partial charge in [-0.2, -0.15) is 10.2 Å². The Morgan fingerprint density at radius 1 is 1.48 bits per heavy atom. The highest BCUT2D eigenvalue weighted by atomic mass is 35.5. The van der Waals surface area contributed by atoms with Crippen molar-refractivity contribution in [1.29, 1.82) is 0 Å². The summed E-state index contributed by atoms with van der Waals surface area (Å²) in [5.41, 5.74) is 1.90. The maximum absolute atomic E-state index is 12.6. The van der Waals surface area contributed by atoms with Crippen LogP contribution in [0.25, 0.3) is 0 Å². The van der Waals surface area contributed by atoms with E-state index in [9.17, 15) is 4.79 Å². The summed E-state index contributed by atoms with van der Waals surface area (Å²) < 4.78 is 3.43. The van der Waals surface area contributed by atoms with E-state index >= 15 is 0 Å². The molecule has 2 aromatic rings. The van der Waals surface area contributed by atoms with Crippen molar-refractivity contribution in [3.63, 3.8) is 0 Å². The van der Waals surface area contributed by atoms with E-state index < -0.39 is 0 Å². The van der Waals surface area contributed by atoms with Crippen LogP contribution in [0.3, 0.4) is 0 Å². The van der Waals surface area contributed by atoms with E-state index in [1.165, 1.54) is 6.33 Å². The number of hydrogen-bond acceptors (Lipinski definition) is 4. The largest absolute Gasteiger partial charge is 0.335 e. The van der Waals surface area contributed by atoms with E-state index in [0.29, 0.717) is 18.1 Å². The van der Waals surface area contributed by atoms with Crippen LogP contribution in [0.1, 0.15) is 43.0 Å². The van der Waals surface area contributed by atoms with Crippen LogP contribution in [0.4, 0.5) is 0 Å². The first-order valence-electron chi connectivity index (χ1n) is 7.89. The molecule has 3 heterocycles. The number of carbonyl (C=O) groups is 1. The maximum Gasteiger partial charge on any atom is 0.223 e. The molecule has 7 nitrogen and oxygen atoms in total. The fourth-order valence-corrected chi connectivity index (χ4v) is 3.57. The molecule has 0 radical (unpaired) electrons. The highest BCUT2D eigenvalue weighted by molar-refractivity contribution is 6.30. The Kier molecular flexibility index (Phi) is 4.66. The molecule has 124 valence electrons. The summed E-state index contributed by atoms with van der Waals surface area (Å²) in [5.74, 6) is 0.173. The van der Waals surface area contributed by atoms with E-state index in [-0.39, 0.29) is 11.9 Å². The number of aryl methyl sites for hydroxylation is 3. The normalized spacial score (nSPS) is 17.9. The molecule has 1 fully saturated rings. The van der Waals surface area contributed by atoms with Gasteiger partial charge in [0.1, 0.15) is 17.8 Å². The van der Waals surface area contributed by atoms with E-state index in [4.69, 9.17) is 11.6 Å². The van der Waals surface area contributed by atoms with Crippen LogP contribution >= 0.6 is 11.6 Å². The monoisotopic (exact) mass is 336 g/mol. The third kappa shape index (κ3) is 3.24. The maximum atomic E-state index is 12.6. The van der Waals surface area contributed by atoms with Crippen LogP contribution < -0.4 is 0 Å². The second kappa shape index (κ2) is 6.70. The van der Waals surface area contributed by atoms with Crippen LogP contribution in [-0.2, 0) is 18.4 Å². The molecule has 2 aromatic heterocycles. The van der Waals surface area contributed by atoms with Crippen molar-refractivity contribution in [2.75, 3.05) is 6.54 Å². The zero-order chi connectivity index (χ0) is 16.4. The minimum absolute atomic E-state index is 0.0510. The minimum Gasteiger partial charge on any atom is -0.335 e. The average molecular weight is 337 g/mol. The van der Waals surface area contributed by atoms with Gasteiger partial charge in [0.15, 0.2) is 0 Å². The Bertz CT molecular complexity index is 680. The lowest BCUT2D eigenvalue weighted by Gasteiger charge is -2.25. The topological polar surface area (TPSA) is 68.8 Å². The van der Waals surface area contributed by atoms with Gasteiger partial charge in [-0.05, 0) is 26.2 Å². The molecule has 3 rings (SSSR count). The number of nitrogens with zero attached hydrogens (tertiary/aromatic N) is 6. The van der Waals surface area contributed by atoms with Crippen LogP contribution in [0.5, 0.6) is 0 Å². The summed E-state index contributed by atoms with van der Waals surface area (Å²) in [6, 6.07) is 0.0510. The molecular weight excluding hydrogens is 316 g/mol. The number of carbonyl (C=O) groups excluding carboxylic acids is 1. The van der Waals surface area contributed by atoms with E-state index in [2.05, 4.69) is 15.2 Å². The number of hydrogen-bond donors (Lipinski definition) is 0. The number of rotatable bonds is 5. The fraction of sp³-hybridized carbons (Fsp3) is 0.600. The Morgan fingerprint density at radius 2 is 2.30 bits per heavy atom. The quantitative estimate of drug-likeness (QED) is 0.838. The third-order valence-corrected chi connectivity index (χ3v) is 4.80. The lowest BCUT2D eigenvalue weighted by atomic mass is 10.1. The zero-order valence-corrected chi connectivity index (χ0v) is 14.2. The highest BCUT2D eigenvalue weighted by Gasteiger charge is 2.33. The molecule has 1 atom stereocenters. The second-order valence-corrected chi connectivity index (χ2v) is 6.28. The van der Waals surface area contributed by atoms with E-state index in [1.807, 2.05) is 18.9 Å². The molecule has 1 saturated heterocycles. The number of halogens is 1. The van der Waals surface area contributed by atoms with Crippen LogP contribution in [-0.4, -0.2) is 41.9 Å². The van der Waals surface area contributed by atoms with Crippen molar-refractivity contribution < 1.29 is 4.79 Å². The van der Waals surface area contributed by atoms with Crippen LogP contribution in [0.15, 0.2) is 12.7 Å². The Balaban J connectivity index is 1.65. The van der Waals surface area contributed by atoms with E-state index in [0.717, 1.165) is 37.1 Å². The standard InChI is InChI=1S/C15H21ClN6O/c1-11-14(15(16)20(2)19-11)12-5-3-8-22(12)13(23)6-4-7-21-10-17-9-18-21/h9-10,12H,3-8H2,1-2H3. The smallest absolute Gasteiger partial charge is 0.223 e. The van der Waals surface area contributed by atoms with Gasteiger partial charge in [0.25, 0.3) is 0 Å². The van der Waals surface area contributed by atoms with Gasteiger partial charge in [0, 0.05) is 32.1 Å². The molecule has 0 aliphatic carbocycles. The van der Waals surface area contributed by atoms with E-state index in [1.54, 1.807) is 15.7 Å². The van der Waals surface area contributed by atoms with Crippen LogP contribution in [0.2, 0.25) is 5.15 Å². The number of likely N-dealkylation sites (tertiary alicyclic amines) is 1. The summed E-state index contributed by atoms with van der Waals surface area (Å²) in [7, 11) is 1.83. The van der Waals surface area contributed by atoms with Gasteiger partial charge in [-0.1, -0.05) is 11.6 Å². The second-order valence-electron chi connectivity index (χ2n) is 5.92. The molecule has 0 spiro atoms. The Morgan fingerprint density at radius 3 is 2.96 bits per heavy atom. The summed E-state index contributed by atoms with van der Waals surface area (Å²) in [5, 5.41) is 9.06. The molecule has 1 amide bonds. The van der Waals surface area contributed by atoms with Gasteiger partial charge in [-0.15, -0.1) is 0 Å². The summed E-state index contributed by atoms with van der Waals surface area (Å²) in [6.07, 6.45) is 6.39. The first-order valence-corrected chi connectivity index (χ1v) is 8.26. The first kappa shape index (κ1) is 16.0. The molecule has 1 aliphatic rings. The van der Waals surface area contributed by atoms with Crippen molar-refractivity contribution in [2.45, 2.75) is 45.2 Å². The van der Waals surface area contributed by atoms with Gasteiger partial charge in [0.05, 0.1) is 11.7 Å². The van der Waals surface area contributed by atoms with Gasteiger partial charge in [-0.3, -0.25) is 14.2 Å². The summed E-state index contributed by atoms with van der Waals surface area (Å²) in [4.78, 5) is 18.5.